The van der Waals surface area contributed by atoms with Gasteiger partial charge in [0.25, 0.3) is 5.69 Å². The lowest BCUT2D eigenvalue weighted by Crippen LogP contribution is -2.49. The molecule has 0 saturated carbocycles. The summed E-state index contributed by atoms with van der Waals surface area (Å²) in [5.74, 6) is -0.599. The Morgan fingerprint density at radius 1 is 1.14 bits per heavy atom. The third kappa shape index (κ3) is 5.63. The molecular weight excluding hydrogens is 476 g/mol. The predicted molar refractivity (Wildman–Crippen MR) is 122 cm³/mol. The van der Waals surface area contributed by atoms with Crippen molar-refractivity contribution in [2.24, 2.45) is 0 Å². The molecule has 1 aliphatic heterocycles. The van der Waals surface area contributed by atoms with Crippen LogP contribution in [0.25, 0.3) is 6.08 Å². The number of rotatable bonds is 7. The number of non-ortho nitro benzene ring substituents is 1. The Morgan fingerprint density at radius 2 is 1.83 bits per heavy atom. The Labute approximate surface area is 201 Å². The Hall–Kier alpha value is -4.26. The number of hydrogen-bond acceptors (Lipinski definition) is 9. The Kier molecular flexibility index (Phi) is 7.81. The van der Waals surface area contributed by atoms with E-state index in [1.54, 1.807) is 12.1 Å². The van der Waals surface area contributed by atoms with E-state index in [1.807, 2.05) is 0 Å². The van der Waals surface area contributed by atoms with Gasteiger partial charge in [0, 0.05) is 18.7 Å². The minimum atomic E-state index is -4.12. The number of nitrogens with zero attached hydrogens (tertiary/aromatic N) is 4. The van der Waals surface area contributed by atoms with Gasteiger partial charge in [-0.05, 0) is 55.2 Å². The second-order valence-electron chi connectivity index (χ2n) is 7.49. The highest BCUT2D eigenvalue weighted by Gasteiger charge is 2.39. The molecular formula is C23H20N4O7S. The maximum absolute atomic E-state index is 13.2. The van der Waals surface area contributed by atoms with Gasteiger partial charge >= 0.3 is 5.97 Å². The molecule has 0 aromatic heterocycles. The molecule has 1 fully saturated rings. The Bertz CT molecular complexity index is 1340. The topological polar surface area (TPSA) is 164 Å². The van der Waals surface area contributed by atoms with E-state index in [-0.39, 0.29) is 40.6 Å². The number of esters is 1. The zero-order chi connectivity index (χ0) is 25.6. The number of allylic oxidation sites excluding steroid dienone is 1. The van der Waals surface area contributed by atoms with Crippen LogP contribution in [0.2, 0.25) is 0 Å². The molecule has 0 bridgehead atoms. The molecule has 2 aromatic carbocycles. The standard InChI is InChI=1S/C23H20N4O7S/c1-33-22-13-16(12-17(14-24)15-25)5-10-21(22)34-23(28)20-4-2-3-11-26(20)35(31,32)19-8-6-18(7-9-19)27(29)30/h5-10,12-13,20H,2-4,11H2,1H3. The summed E-state index contributed by atoms with van der Waals surface area (Å²) in [7, 11) is -2.77. The molecule has 0 amide bonds. The highest BCUT2D eigenvalue weighted by Crippen LogP contribution is 2.32. The van der Waals surface area contributed by atoms with E-state index in [0.717, 1.165) is 28.6 Å². The van der Waals surface area contributed by atoms with Crippen LogP contribution in [0.5, 0.6) is 11.5 Å². The lowest BCUT2D eigenvalue weighted by atomic mass is 10.1. The summed E-state index contributed by atoms with van der Waals surface area (Å²) in [6.45, 7) is 0.0883. The van der Waals surface area contributed by atoms with Crippen molar-refractivity contribution in [3.63, 3.8) is 0 Å². The van der Waals surface area contributed by atoms with Gasteiger partial charge in [-0.15, -0.1) is 0 Å². The third-order valence-corrected chi connectivity index (χ3v) is 7.25. The largest absolute Gasteiger partial charge is 0.493 e. The molecule has 0 aliphatic carbocycles. The zero-order valence-corrected chi connectivity index (χ0v) is 19.4. The number of carbonyl (C=O) groups is 1. The molecule has 0 spiro atoms. The molecule has 1 atom stereocenters. The highest BCUT2D eigenvalue weighted by molar-refractivity contribution is 7.89. The average Bonchev–Trinajstić information content (AvgIpc) is 2.87. The van der Waals surface area contributed by atoms with Crippen LogP contribution in [0.4, 0.5) is 5.69 Å². The molecule has 12 heteroatoms. The van der Waals surface area contributed by atoms with Crippen molar-refractivity contribution in [3.8, 4) is 23.6 Å². The summed E-state index contributed by atoms with van der Waals surface area (Å²) in [6, 6.07) is 11.3. The maximum atomic E-state index is 13.2. The van der Waals surface area contributed by atoms with Crippen LogP contribution < -0.4 is 9.47 Å². The maximum Gasteiger partial charge on any atom is 0.329 e. The number of nitro groups is 1. The lowest BCUT2D eigenvalue weighted by Gasteiger charge is -2.33. The first-order valence-corrected chi connectivity index (χ1v) is 11.8. The van der Waals surface area contributed by atoms with Crippen molar-refractivity contribution < 1.29 is 27.6 Å². The van der Waals surface area contributed by atoms with E-state index < -0.39 is 27.0 Å². The first-order chi connectivity index (χ1) is 16.7. The fraction of sp³-hybridized carbons (Fsp3) is 0.261. The molecule has 11 nitrogen and oxygen atoms in total. The zero-order valence-electron chi connectivity index (χ0n) is 18.6. The molecule has 35 heavy (non-hydrogen) atoms. The summed E-state index contributed by atoms with van der Waals surface area (Å²) < 4.78 is 38.3. The van der Waals surface area contributed by atoms with E-state index in [2.05, 4.69) is 0 Å². The van der Waals surface area contributed by atoms with Gasteiger partial charge in [0.15, 0.2) is 11.5 Å². The summed E-state index contributed by atoms with van der Waals surface area (Å²) in [6.07, 6.45) is 2.73. The summed E-state index contributed by atoms with van der Waals surface area (Å²) in [4.78, 5) is 23.1. The number of nitriles is 2. The second-order valence-corrected chi connectivity index (χ2v) is 9.38. The van der Waals surface area contributed by atoms with Crippen LogP contribution >= 0.6 is 0 Å². The second kappa shape index (κ2) is 10.8. The minimum absolute atomic E-state index is 0.0448. The highest BCUT2D eigenvalue weighted by atomic mass is 32.2. The Balaban J connectivity index is 1.86. The van der Waals surface area contributed by atoms with Crippen LogP contribution in [0.15, 0.2) is 52.9 Å². The number of hydrogen-bond donors (Lipinski definition) is 0. The smallest absolute Gasteiger partial charge is 0.329 e. The van der Waals surface area contributed by atoms with Crippen molar-refractivity contribution in [1.82, 2.24) is 4.31 Å². The monoisotopic (exact) mass is 496 g/mol. The molecule has 0 radical (unpaired) electrons. The number of piperidine rings is 1. The SMILES string of the molecule is COc1cc(C=C(C#N)C#N)ccc1OC(=O)C1CCCCN1S(=O)(=O)c1ccc([N+](=O)[O-])cc1. The molecule has 1 heterocycles. The number of sulfonamides is 1. The van der Waals surface area contributed by atoms with E-state index in [9.17, 15) is 23.3 Å². The van der Waals surface area contributed by atoms with E-state index in [4.69, 9.17) is 20.0 Å². The summed E-state index contributed by atoms with van der Waals surface area (Å²) in [5.41, 5.74) is 0.103. The van der Waals surface area contributed by atoms with Gasteiger partial charge in [-0.2, -0.15) is 14.8 Å². The van der Waals surface area contributed by atoms with Crippen molar-refractivity contribution in [1.29, 1.82) is 10.5 Å². The average molecular weight is 497 g/mol. The number of carbonyl (C=O) groups excluding carboxylic acids is 1. The molecule has 2 aromatic rings. The van der Waals surface area contributed by atoms with E-state index in [0.29, 0.717) is 18.4 Å². The molecule has 3 rings (SSSR count). The number of ether oxygens (including phenoxy) is 2. The summed E-state index contributed by atoms with van der Waals surface area (Å²) in [5, 5.41) is 28.7. The van der Waals surface area contributed by atoms with E-state index in [1.165, 1.54) is 31.4 Å². The first-order valence-electron chi connectivity index (χ1n) is 10.4. The van der Waals surface area contributed by atoms with Gasteiger partial charge in [0.1, 0.15) is 23.8 Å². The fourth-order valence-corrected chi connectivity index (χ4v) is 5.24. The predicted octanol–water partition coefficient (Wildman–Crippen LogP) is 3.18. The van der Waals surface area contributed by atoms with Crippen LogP contribution in [-0.4, -0.2) is 43.3 Å². The number of methoxy groups -OCH3 is 1. The summed E-state index contributed by atoms with van der Waals surface area (Å²) >= 11 is 0. The van der Waals surface area contributed by atoms with Crippen molar-refractivity contribution >= 4 is 27.8 Å². The molecule has 1 aliphatic rings. The third-order valence-electron chi connectivity index (χ3n) is 5.33. The quantitative estimate of drug-likeness (QED) is 0.184. The molecule has 1 saturated heterocycles. The van der Waals surface area contributed by atoms with Gasteiger partial charge in [0.2, 0.25) is 10.0 Å². The fourth-order valence-electron chi connectivity index (χ4n) is 3.59. The van der Waals surface area contributed by atoms with Gasteiger partial charge in [-0.25, -0.2) is 13.2 Å². The first kappa shape index (κ1) is 25.4. The van der Waals surface area contributed by atoms with Crippen LogP contribution in [0, 0.1) is 32.8 Å². The van der Waals surface area contributed by atoms with Crippen molar-refractivity contribution in [2.45, 2.75) is 30.2 Å². The van der Waals surface area contributed by atoms with Crippen LogP contribution in [-0.2, 0) is 14.8 Å². The minimum Gasteiger partial charge on any atom is -0.493 e. The normalized spacial score (nSPS) is 15.8. The molecule has 0 N–H and O–H groups in total. The van der Waals surface area contributed by atoms with Gasteiger partial charge in [-0.1, -0.05) is 6.07 Å². The van der Waals surface area contributed by atoms with Crippen molar-refractivity contribution in [3.05, 3.63) is 63.7 Å². The molecule has 1 unspecified atom stereocenters. The van der Waals surface area contributed by atoms with Crippen molar-refractivity contribution in [2.75, 3.05) is 13.7 Å². The lowest BCUT2D eigenvalue weighted by molar-refractivity contribution is -0.384. The van der Waals surface area contributed by atoms with Gasteiger partial charge < -0.3 is 9.47 Å². The molecule has 180 valence electrons. The van der Waals surface area contributed by atoms with Gasteiger partial charge in [-0.3, -0.25) is 10.1 Å². The van der Waals surface area contributed by atoms with Gasteiger partial charge in [0.05, 0.1) is 16.9 Å². The van der Waals surface area contributed by atoms with Crippen LogP contribution in [0.3, 0.4) is 0 Å². The number of nitro benzene ring substituents is 1. The number of benzene rings is 2. The Morgan fingerprint density at radius 3 is 2.43 bits per heavy atom. The van der Waals surface area contributed by atoms with E-state index >= 15 is 0 Å². The van der Waals surface area contributed by atoms with Crippen LogP contribution in [0.1, 0.15) is 24.8 Å².